The number of nitrogen functional groups attached to an aromatic ring is 1. The molecule has 4 heteroatoms. The van der Waals surface area contributed by atoms with Gasteiger partial charge in [-0.2, -0.15) is 0 Å². The fourth-order valence-corrected chi connectivity index (χ4v) is 1.12. The van der Waals surface area contributed by atoms with Crippen LogP contribution < -0.4 is 11.3 Å². The van der Waals surface area contributed by atoms with E-state index in [1.54, 1.807) is 13.1 Å². The second-order valence-corrected chi connectivity index (χ2v) is 3.43. The number of allylic oxidation sites excluding steroid dienone is 1. The van der Waals surface area contributed by atoms with Crippen molar-refractivity contribution in [3.8, 4) is 0 Å². The van der Waals surface area contributed by atoms with E-state index in [4.69, 9.17) is 17.3 Å². The molecular weight excluding hydrogens is 188 g/mol. The maximum absolute atomic E-state index is 11.3. The number of pyridine rings is 1. The van der Waals surface area contributed by atoms with Crippen LogP contribution in [-0.2, 0) is 6.54 Å². The topological polar surface area (TPSA) is 48.0 Å². The van der Waals surface area contributed by atoms with E-state index in [-0.39, 0.29) is 5.56 Å². The van der Waals surface area contributed by atoms with Gasteiger partial charge in [0.05, 0.1) is 12.2 Å². The standard InChI is InChI=1S/C9H11ClN2O/c1-6-3-9(13)12(4-7(2)10)5-8(6)11/h3,5H,2,4,11H2,1H3. The van der Waals surface area contributed by atoms with E-state index in [1.165, 1.54) is 10.6 Å². The molecule has 0 fully saturated rings. The molecule has 0 saturated carbocycles. The van der Waals surface area contributed by atoms with Crippen molar-refractivity contribution in [3.63, 3.8) is 0 Å². The van der Waals surface area contributed by atoms with Crippen molar-refractivity contribution < 1.29 is 0 Å². The Morgan fingerprint density at radius 1 is 1.77 bits per heavy atom. The maximum Gasteiger partial charge on any atom is 0.251 e. The van der Waals surface area contributed by atoms with Crippen LogP contribution in [0.15, 0.2) is 28.7 Å². The van der Waals surface area contributed by atoms with Crippen molar-refractivity contribution in [2.24, 2.45) is 0 Å². The Balaban J connectivity index is 3.16. The Labute approximate surface area is 81.4 Å². The van der Waals surface area contributed by atoms with Gasteiger partial charge in [0.25, 0.3) is 5.56 Å². The minimum Gasteiger partial charge on any atom is -0.397 e. The molecular formula is C9H11ClN2O. The number of anilines is 1. The Hall–Kier alpha value is -1.22. The van der Waals surface area contributed by atoms with Crippen LogP contribution in [0.3, 0.4) is 0 Å². The van der Waals surface area contributed by atoms with Crippen LogP contribution in [0.2, 0.25) is 0 Å². The summed E-state index contributed by atoms with van der Waals surface area (Å²) in [7, 11) is 0. The minimum atomic E-state index is -0.117. The fourth-order valence-electron chi connectivity index (χ4n) is 0.993. The highest BCUT2D eigenvalue weighted by molar-refractivity contribution is 6.29. The third-order valence-electron chi connectivity index (χ3n) is 1.72. The van der Waals surface area contributed by atoms with Gasteiger partial charge >= 0.3 is 0 Å². The quantitative estimate of drug-likeness (QED) is 0.783. The van der Waals surface area contributed by atoms with Crippen molar-refractivity contribution >= 4 is 17.3 Å². The molecule has 1 rings (SSSR count). The van der Waals surface area contributed by atoms with Crippen LogP contribution in [0.4, 0.5) is 5.69 Å². The van der Waals surface area contributed by atoms with E-state index in [1.807, 2.05) is 0 Å². The maximum atomic E-state index is 11.3. The third-order valence-corrected chi connectivity index (χ3v) is 1.83. The first-order valence-electron chi connectivity index (χ1n) is 3.80. The van der Waals surface area contributed by atoms with Crippen molar-refractivity contribution in [1.82, 2.24) is 4.57 Å². The largest absolute Gasteiger partial charge is 0.397 e. The number of aryl methyl sites for hydroxylation is 1. The zero-order chi connectivity index (χ0) is 10.0. The van der Waals surface area contributed by atoms with Crippen LogP contribution >= 0.6 is 11.6 Å². The van der Waals surface area contributed by atoms with Gasteiger partial charge in [-0.25, -0.2) is 0 Å². The van der Waals surface area contributed by atoms with E-state index >= 15 is 0 Å². The molecule has 0 amide bonds. The Morgan fingerprint density at radius 2 is 2.38 bits per heavy atom. The third kappa shape index (κ3) is 2.36. The summed E-state index contributed by atoms with van der Waals surface area (Å²) in [6.45, 7) is 5.59. The van der Waals surface area contributed by atoms with Gasteiger partial charge in [-0.1, -0.05) is 18.2 Å². The summed E-state index contributed by atoms with van der Waals surface area (Å²) in [5, 5.41) is 0.408. The van der Waals surface area contributed by atoms with Gasteiger partial charge < -0.3 is 10.3 Å². The summed E-state index contributed by atoms with van der Waals surface area (Å²) in [6.07, 6.45) is 1.57. The van der Waals surface area contributed by atoms with Crippen LogP contribution in [0.25, 0.3) is 0 Å². The molecule has 0 spiro atoms. The van der Waals surface area contributed by atoms with Gasteiger partial charge in [-0.05, 0) is 12.5 Å². The summed E-state index contributed by atoms with van der Waals surface area (Å²) in [6, 6.07) is 1.48. The molecule has 1 heterocycles. The number of hydrogen-bond donors (Lipinski definition) is 1. The molecule has 2 N–H and O–H groups in total. The van der Waals surface area contributed by atoms with Crippen molar-refractivity contribution in [1.29, 1.82) is 0 Å². The van der Waals surface area contributed by atoms with Gasteiger partial charge in [-0.3, -0.25) is 4.79 Å². The molecule has 0 atom stereocenters. The number of aromatic nitrogens is 1. The van der Waals surface area contributed by atoms with Crippen LogP contribution in [-0.4, -0.2) is 4.57 Å². The average Bonchev–Trinajstić information content (AvgIpc) is 1.99. The van der Waals surface area contributed by atoms with E-state index in [9.17, 15) is 4.79 Å². The molecule has 0 bridgehead atoms. The zero-order valence-corrected chi connectivity index (χ0v) is 8.14. The van der Waals surface area contributed by atoms with E-state index in [0.717, 1.165) is 5.56 Å². The molecule has 13 heavy (non-hydrogen) atoms. The molecule has 0 aliphatic rings. The Kier molecular flexibility index (Phi) is 2.78. The summed E-state index contributed by atoms with van der Waals surface area (Å²) in [5.74, 6) is 0. The highest BCUT2D eigenvalue weighted by Crippen LogP contribution is 2.07. The predicted molar refractivity (Wildman–Crippen MR) is 54.8 cm³/mol. The number of nitrogens with two attached hydrogens (primary N) is 1. The lowest BCUT2D eigenvalue weighted by molar-refractivity contribution is 0.771. The number of rotatable bonds is 2. The molecule has 0 aromatic carbocycles. The lowest BCUT2D eigenvalue weighted by Crippen LogP contribution is -2.20. The normalized spacial score (nSPS) is 10.0. The van der Waals surface area contributed by atoms with Crippen molar-refractivity contribution in [3.05, 3.63) is 39.8 Å². The van der Waals surface area contributed by atoms with Crippen molar-refractivity contribution in [2.75, 3.05) is 5.73 Å². The lowest BCUT2D eigenvalue weighted by atomic mass is 10.2. The van der Waals surface area contributed by atoms with Crippen molar-refractivity contribution in [2.45, 2.75) is 13.5 Å². The van der Waals surface area contributed by atoms with E-state index in [0.29, 0.717) is 17.3 Å². The highest BCUT2D eigenvalue weighted by atomic mass is 35.5. The molecule has 0 aliphatic heterocycles. The molecule has 0 aliphatic carbocycles. The SMILES string of the molecule is C=C(Cl)Cn1cc(N)c(C)cc1=O. The molecule has 0 radical (unpaired) electrons. The lowest BCUT2D eigenvalue weighted by Gasteiger charge is -2.06. The molecule has 0 unspecified atom stereocenters. The van der Waals surface area contributed by atoms with E-state index in [2.05, 4.69) is 6.58 Å². The number of nitrogens with zero attached hydrogens (tertiary/aromatic N) is 1. The summed E-state index contributed by atoms with van der Waals surface area (Å²) in [5.41, 5.74) is 6.88. The fraction of sp³-hybridized carbons (Fsp3) is 0.222. The highest BCUT2D eigenvalue weighted by Gasteiger charge is 2.00. The van der Waals surface area contributed by atoms with E-state index < -0.39 is 0 Å². The van der Waals surface area contributed by atoms with Crippen LogP contribution in [0.5, 0.6) is 0 Å². The van der Waals surface area contributed by atoms with Gasteiger partial charge in [0.15, 0.2) is 0 Å². The Bertz CT molecular complexity index is 395. The minimum absolute atomic E-state index is 0.117. The van der Waals surface area contributed by atoms with Gasteiger partial charge in [-0.15, -0.1) is 0 Å². The first-order chi connectivity index (χ1) is 6.00. The molecule has 0 saturated heterocycles. The van der Waals surface area contributed by atoms with Gasteiger partial charge in [0.2, 0.25) is 0 Å². The second-order valence-electron chi connectivity index (χ2n) is 2.90. The van der Waals surface area contributed by atoms with Crippen LogP contribution in [0, 0.1) is 6.92 Å². The smallest absolute Gasteiger partial charge is 0.251 e. The first-order valence-corrected chi connectivity index (χ1v) is 4.18. The summed E-state index contributed by atoms with van der Waals surface area (Å²) >= 11 is 5.58. The molecule has 1 aromatic heterocycles. The van der Waals surface area contributed by atoms with Gasteiger partial charge in [0.1, 0.15) is 0 Å². The number of hydrogen-bond acceptors (Lipinski definition) is 2. The predicted octanol–water partition coefficient (Wildman–Crippen LogP) is 1.49. The molecule has 3 nitrogen and oxygen atoms in total. The average molecular weight is 199 g/mol. The summed E-state index contributed by atoms with van der Waals surface area (Å²) in [4.78, 5) is 11.3. The van der Waals surface area contributed by atoms with Crippen LogP contribution in [0.1, 0.15) is 5.56 Å². The Morgan fingerprint density at radius 3 is 2.92 bits per heavy atom. The number of halogens is 1. The molecule has 70 valence electrons. The first kappa shape index (κ1) is 9.86. The van der Waals surface area contributed by atoms with Gasteiger partial charge in [0, 0.05) is 17.3 Å². The second kappa shape index (κ2) is 3.66. The monoisotopic (exact) mass is 198 g/mol. The molecule has 1 aromatic rings. The summed E-state index contributed by atoms with van der Waals surface area (Å²) < 4.78 is 1.43. The zero-order valence-electron chi connectivity index (χ0n) is 7.38.